The number of para-hydroxylation sites is 1. The third-order valence-corrected chi connectivity index (χ3v) is 7.37. The monoisotopic (exact) mass is 511 g/mol. The first-order valence-electron chi connectivity index (χ1n) is 10.2. The van der Waals surface area contributed by atoms with E-state index in [1.54, 1.807) is 17.9 Å². The van der Waals surface area contributed by atoms with Crippen LogP contribution < -0.4 is 10.1 Å². The van der Waals surface area contributed by atoms with E-state index in [-0.39, 0.29) is 12.3 Å². The summed E-state index contributed by atoms with van der Waals surface area (Å²) < 4.78 is 37.3. The minimum atomic E-state index is -5.08. The fourth-order valence-electron chi connectivity index (χ4n) is 3.44. The summed E-state index contributed by atoms with van der Waals surface area (Å²) in [6, 6.07) is 7.84. The molecule has 1 aliphatic carbocycles. The number of carbonyl (C=O) groups is 3. The molecule has 0 bridgehead atoms. The van der Waals surface area contributed by atoms with Crippen molar-refractivity contribution in [2.45, 2.75) is 50.1 Å². The zero-order valence-corrected chi connectivity index (χ0v) is 19.8. The molecule has 12 heteroatoms. The van der Waals surface area contributed by atoms with Crippen LogP contribution in [-0.4, -0.2) is 59.4 Å². The highest BCUT2D eigenvalue weighted by Gasteiger charge is 2.42. The Balaban J connectivity index is 0.000000675. The van der Waals surface area contributed by atoms with Gasteiger partial charge in [-0.15, -0.1) is 0 Å². The molecule has 0 heterocycles. The lowest BCUT2D eigenvalue weighted by Crippen LogP contribution is -2.46. The van der Waals surface area contributed by atoms with Gasteiger partial charge in [0.2, 0.25) is 5.91 Å². The summed E-state index contributed by atoms with van der Waals surface area (Å²) in [5, 5.41) is 18.8. The number of rotatable bonds is 10. The minimum absolute atomic E-state index is 0.0813. The van der Waals surface area contributed by atoms with E-state index in [0.29, 0.717) is 12.3 Å². The molecule has 1 amide bonds. The molecule has 0 radical (unpaired) electrons. The van der Waals surface area contributed by atoms with E-state index in [1.807, 2.05) is 24.3 Å². The smallest absolute Gasteiger partial charge is 0.490 e. The number of halogens is 3. The van der Waals surface area contributed by atoms with Crippen molar-refractivity contribution in [2.75, 3.05) is 25.2 Å². The second-order valence-electron chi connectivity index (χ2n) is 7.19. The molecule has 7 nitrogen and oxygen atoms in total. The number of ether oxygens (including phenoxy) is 1. The molecule has 1 fully saturated rings. The van der Waals surface area contributed by atoms with Crippen LogP contribution in [0.5, 0.6) is 5.75 Å². The van der Waals surface area contributed by atoms with Crippen LogP contribution >= 0.6 is 21.6 Å². The van der Waals surface area contributed by atoms with E-state index >= 15 is 0 Å². The second kappa shape index (κ2) is 14.2. The number of carbonyl (C=O) groups excluding carboxylic acids is 1. The third kappa shape index (κ3) is 9.75. The number of carboxylic acid groups (broad SMARTS) is 2. The van der Waals surface area contributed by atoms with Crippen LogP contribution in [-0.2, 0) is 19.8 Å². The molecule has 0 atom stereocenters. The Morgan fingerprint density at radius 2 is 1.64 bits per heavy atom. The fraction of sp³-hybridized carbons (Fsp3) is 0.571. The Morgan fingerprint density at radius 3 is 2.18 bits per heavy atom. The second-order valence-corrected chi connectivity index (χ2v) is 9.89. The maximum absolute atomic E-state index is 13.1. The van der Waals surface area contributed by atoms with Crippen molar-refractivity contribution in [3.8, 4) is 5.75 Å². The number of hydrogen-bond acceptors (Lipinski definition) is 6. The van der Waals surface area contributed by atoms with Gasteiger partial charge in [0.25, 0.3) is 0 Å². The first kappa shape index (κ1) is 29.0. The molecule has 1 aliphatic rings. The van der Waals surface area contributed by atoms with Gasteiger partial charge in [-0.2, -0.15) is 13.2 Å². The summed E-state index contributed by atoms with van der Waals surface area (Å²) >= 11 is 0. The lowest BCUT2D eigenvalue weighted by molar-refractivity contribution is -0.192. The topological polar surface area (TPSA) is 113 Å². The van der Waals surface area contributed by atoms with Crippen LogP contribution in [0.3, 0.4) is 0 Å². The number of aliphatic carboxylic acids is 2. The van der Waals surface area contributed by atoms with Gasteiger partial charge in [0, 0.05) is 23.6 Å². The van der Waals surface area contributed by atoms with Gasteiger partial charge in [0.15, 0.2) is 0 Å². The number of amides is 1. The Bertz CT molecular complexity index is 786. The van der Waals surface area contributed by atoms with E-state index in [4.69, 9.17) is 19.7 Å². The average molecular weight is 512 g/mol. The summed E-state index contributed by atoms with van der Waals surface area (Å²) in [5.74, 6) is -1.33. The Labute approximate surface area is 198 Å². The number of carboxylic acids is 2. The van der Waals surface area contributed by atoms with E-state index in [0.717, 1.165) is 42.7 Å². The largest absolute Gasteiger partial charge is 0.496 e. The lowest BCUT2D eigenvalue weighted by Gasteiger charge is -2.37. The maximum atomic E-state index is 13.1. The molecule has 0 aromatic heterocycles. The number of alkyl halides is 3. The summed E-state index contributed by atoms with van der Waals surface area (Å²) in [6.45, 7) is 0.584. The van der Waals surface area contributed by atoms with Gasteiger partial charge in [0.05, 0.1) is 18.9 Å². The average Bonchev–Trinajstić information content (AvgIpc) is 2.78. The van der Waals surface area contributed by atoms with Crippen molar-refractivity contribution in [3.63, 3.8) is 0 Å². The third-order valence-electron chi connectivity index (χ3n) is 4.96. The van der Waals surface area contributed by atoms with Crippen LogP contribution in [0.25, 0.3) is 0 Å². The van der Waals surface area contributed by atoms with Crippen molar-refractivity contribution in [1.82, 2.24) is 5.32 Å². The standard InChI is InChI=1S/C19H27NO4S2.C2HF3O2/c1-24-16-8-4-3-7-15(16)19(10-5-2-6-11-19)18(23)20-12-14-26-25-13-9-17(21)22;3-2(4,5)1(6)7/h3-4,7-8H,2,5-6,9-14H2,1H3,(H,20,23)(H,21,22);(H,6,7). The van der Waals surface area contributed by atoms with Gasteiger partial charge >= 0.3 is 18.1 Å². The zero-order chi connectivity index (χ0) is 24.9. The van der Waals surface area contributed by atoms with Crippen LogP contribution in [0.4, 0.5) is 13.2 Å². The molecular weight excluding hydrogens is 483 g/mol. The number of benzene rings is 1. The molecule has 0 spiro atoms. The van der Waals surface area contributed by atoms with Gasteiger partial charge in [0.1, 0.15) is 5.75 Å². The van der Waals surface area contributed by atoms with Crippen molar-refractivity contribution in [1.29, 1.82) is 0 Å². The van der Waals surface area contributed by atoms with Crippen molar-refractivity contribution >= 4 is 39.4 Å². The molecule has 3 N–H and O–H groups in total. The molecule has 186 valence electrons. The minimum Gasteiger partial charge on any atom is -0.496 e. The molecule has 0 aliphatic heterocycles. The zero-order valence-electron chi connectivity index (χ0n) is 18.2. The van der Waals surface area contributed by atoms with E-state index < -0.39 is 23.5 Å². The summed E-state index contributed by atoms with van der Waals surface area (Å²) in [5.41, 5.74) is 0.481. The number of methoxy groups -OCH3 is 1. The SMILES string of the molecule is COc1ccccc1C1(C(=O)NCCSSCCC(=O)O)CCCCC1.O=C(O)C(F)(F)F. The molecule has 0 unspecified atom stereocenters. The highest BCUT2D eigenvalue weighted by atomic mass is 33.1. The molecule has 1 saturated carbocycles. The predicted molar refractivity (Wildman–Crippen MR) is 122 cm³/mol. The van der Waals surface area contributed by atoms with Gasteiger partial charge in [-0.3, -0.25) is 9.59 Å². The van der Waals surface area contributed by atoms with Gasteiger partial charge in [-0.1, -0.05) is 59.0 Å². The molecule has 1 aromatic rings. The highest BCUT2D eigenvalue weighted by molar-refractivity contribution is 8.76. The normalized spacial score (nSPS) is 15.0. The Morgan fingerprint density at radius 1 is 1.06 bits per heavy atom. The summed E-state index contributed by atoms with van der Waals surface area (Å²) in [7, 11) is 4.79. The van der Waals surface area contributed by atoms with Crippen molar-refractivity contribution in [3.05, 3.63) is 29.8 Å². The first-order chi connectivity index (χ1) is 15.5. The van der Waals surface area contributed by atoms with Crippen LogP contribution in [0.2, 0.25) is 0 Å². The van der Waals surface area contributed by atoms with Gasteiger partial charge in [-0.05, 0) is 18.9 Å². The molecule has 2 rings (SSSR count). The van der Waals surface area contributed by atoms with Gasteiger partial charge in [-0.25, -0.2) is 4.79 Å². The summed E-state index contributed by atoms with van der Waals surface area (Å²) in [6.07, 6.45) is 0.0388. The summed E-state index contributed by atoms with van der Waals surface area (Å²) in [4.78, 5) is 32.5. The Hall–Kier alpha value is -2.08. The fourth-order valence-corrected chi connectivity index (χ4v) is 5.32. The highest BCUT2D eigenvalue weighted by Crippen LogP contribution is 2.43. The van der Waals surface area contributed by atoms with Crippen molar-refractivity contribution < 1.29 is 42.5 Å². The van der Waals surface area contributed by atoms with Crippen LogP contribution in [0.15, 0.2) is 24.3 Å². The van der Waals surface area contributed by atoms with E-state index in [2.05, 4.69) is 5.32 Å². The van der Waals surface area contributed by atoms with Crippen LogP contribution in [0, 0.1) is 0 Å². The molecule has 33 heavy (non-hydrogen) atoms. The van der Waals surface area contributed by atoms with Crippen molar-refractivity contribution in [2.24, 2.45) is 0 Å². The number of hydrogen-bond donors (Lipinski definition) is 3. The van der Waals surface area contributed by atoms with Crippen LogP contribution in [0.1, 0.15) is 44.1 Å². The first-order valence-corrected chi connectivity index (χ1v) is 12.7. The molecule has 1 aromatic carbocycles. The van der Waals surface area contributed by atoms with Gasteiger partial charge < -0.3 is 20.3 Å². The lowest BCUT2D eigenvalue weighted by atomic mass is 9.68. The van der Waals surface area contributed by atoms with E-state index in [1.165, 1.54) is 17.2 Å². The predicted octanol–water partition coefficient (Wildman–Crippen LogP) is 4.50. The Kier molecular flexibility index (Phi) is 12.5. The quantitative estimate of drug-likeness (QED) is 0.311. The number of nitrogens with one attached hydrogen (secondary N) is 1. The molecular formula is C21H28F3NO6S2. The molecule has 0 saturated heterocycles. The maximum Gasteiger partial charge on any atom is 0.490 e. The van der Waals surface area contributed by atoms with E-state index in [9.17, 15) is 22.8 Å².